The normalized spacial score (nSPS) is 18.7. The Morgan fingerprint density at radius 2 is 2.00 bits per heavy atom. The standard InChI is InChI=1S/C24H21Cl2N3O2/c1-29-19-6-4-7-20(30)23(19)22(17(12-27)24(29)28)16-5-2-3-8-21(16)31-13-14-9-10-15(25)11-18(14)26/h2-3,5,8-11,22H,4,6-7,13,28H2,1H3/t22-/m0/s1. The minimum atomic E-state index is -0.555. The van der Waals surface area contributed by atoms with E-state index in [1.165, 1.54) is 0 Å². The summed E-state index contributed by atoms with van der Waals surface area (Å²) in [5.41, 5.74) is 9.73. The van der Waals surface area contributed by atoms with Crippen LogP contribution in [0.25, 0.3) is 0 Å². The van der Waals surface area contributed by atoms with Crippen LogP contribution < -0.4 is 10.5 Å². The zero-order valence-corrected chi connectivity index (χ0v) is 18.5. The van der Waals surface area contributed by atoms with Crippen LogP contribution in [0.5, 0.6) is 5.75 Å². The molecule has 0 fully saturated rings. The molecule has 0 bridgehead atoms. The molecule has 2 N–H and O–H groups in total. The Kier molecular flexibility index (Phi) is 5.95. The number of halogens is 2. The molecular weight excluding hydrogens is 433 g/mol. The molecular formula is C24H21Cl2N3O2. The number of allylic oxidation sites excluding steroid dienone is 3. The number of nitrogens with zero attached hydrogens (tertiary/aromatic N) is 2. The van der Waals surface area contributed by atoms with E-state index in [4.69, 9.17) is 33.7 Å². The van der Waals surface area contributed by atoms with E-state index >= 15 is 0 Å². The topological polar surface area (TPSA) is 79.3 Å². The van der Waals surface area contributed by atoms with E-state index in [9.17, 15) is 10.1 Å². The van der Waals surface area contributed by atoms with Crippen LogP contribution >= 0.6 is 23.2 Å². The molecule has 0 aromatic heterocycles. The molecule has 5 nitrogen and oxygen atoms in total. The van der Waals surface area contributed by atoms with Gasteiger partial charge in [-0.2, -0.15) is 5.26 Å². The third-order valence-electron chi connectivity index (χ3n) is 5.80. The van der Waals surface area contributed by atoms with Crippen LogP contribution in [0.15, 0.2) is 65.1 Å². The third-order valence-corrected chi connectivity index (χ3v) is 6.38. The summed E-state index contributed by atoms with van der Waals surface area (Å²) in [7, 11) is 1.81. The van der Waals surface area contributed by atoms with Crippen LogP contribution in [-0.4, -0.2) is 17.7 Å². The van der Waals surface area contributed by atoms with Gasteiger partial charge in [0.2, 0.25) is 0 Å². The molecule has 2 aliphatic rings. The van der Waals surface area contributed by atoms with Gasteiger partial charge in [0.15, 0.2) is 5.78 Å². The molecule has 2 aromatic carbocycles. The Morgan fingerprint density at radius 3 is 2.74 bits per heavy atom. The number of para-hydroxylation sites is 1. The van der Waals surface area contributed by atoms with E-state index in [2.05, 4.69) is 6.07 Å². The molecule has 1 atom stereocenters. The molecule has 1 aliphatic carbocycles. The molecule has 1 heterocycles. The van der Waals surface area contributed by atoms with Crippen molar-refractivity contribution in [3.8, 4) is 11.8 Å². The second kappa shape index (κ2) is 8.66. The number of benzene rings is 2. The number of rotatable bonds is 4. The third kappa shape index (κ3) is 3.89. The highest BCUT2D eigenvalue weighted by atomic mass is 35.5. The number of nitrogens with two attached hydrogens (primary N) is 1. The van der Waals surface area contributed by atoms with Crippen molar-refractivity contribution in [1.29, 1.82) is 5.26 Å². The van der Waals surface area contributed by atoms with Crippen molar-refractivity contribution in [3.05, 3.63) is 86.3 Å². The Labute approximate surface area is 191 Å². The summed E-state index contributed by atoms with van der Waals surface area (Å²) < 4.78 is 6.12. The number of ether oxygens (including phenoxy) is 1. The monoisotopic (exact) mass is 453 g/mol. The lowest BCUT2D eigenvalue weighted by atomic mass is 9.75. The summed E-state index contributed by atoms with van der Waals surface area (Å²) in [5.74, 6) is 0.445. The fourth-order valence-electron chi connectivity index (χ4n) is 4.22. The van der Waals surface area contributed by atoms with Gasteiger partial charge in [-0.3, -0.25) is 4.79 Å². The molecule has 7 heteroatoms. The summed E-state index contributed by atoms with van der Waals surface area (Å²) in [6.07, 6.45) is 1.99. The molecule has 0 amide bonds. The van der Waals surface area contributed by atoms with Crippen LogP contribution in [0, 0.1) is 11.3 Å². The summed E-state index contributed by atoms with van der Waals surface area (Å²) in [5, 5.41) is 11.0. The highest BCUT2D eigenvalue weighted by Gasteiger charge is 2.39. The highest BCUT2D eigenvalue weighted by molar-refractivity contribution is 6.35. The van der Waals surface area contributed by atoms with Gasteiger partial charge < -0.3 is 15.4 Å². The van der Waals surface area contributed by atoms with Gasteiger partial charge in [0.25, 0.3) is 0 Å². The molecule has 0 unspecified atom stereocenters. The molecule has 1 aliphatic heterocycles. The fraction of sp³-hybridized carbons (Fsp3) is 0.250. The predicted molar refractivity (Wildman–Crippen MR) is 120 cm³/mol. The number of nitriles is 1. The number of Topliss-reactive ketones (excluding diaryl/α,β-unsaturated/α-hetero) is 1. The number of hydrogen-bond donors (Lipinski definition) is 1. The summed E-state index contributed by atoms with van der Waals surface area (Å²) in [6.45, 7) is 0.223. The van der Waals surface area contributed by atoms with Gasteiger partial charge in [-0.1, -0.05) is 47.5 Å². The van der Waals surface area contributed by atoms with E-state index in [0.717, 1.165) is 29.7 Å². The molecule has 0 radical (unpaired) electrons. The SMILES string of the molecule is CN1C(N)=C(C#N)[C@H](c2ccccc2OCc2ccc(Cl)cc2Cl)C2=C1CCCC2=O. The maximum Gasteiger partial charge on any atom is 0.161 e. The molecule has 4 rings (SSSR count). The first-order valence-corrected chi connectivity index (χ1v) is 10.7. The van der Waals surface area contributed by atoms with Crippen LogP contribution in [0.1, 0.15) is 36.3 Å². The first kappa shape index (κ1) is 21.3. The van der Waals surface area contributed by atoms with E-state index < -0.39 is 5.92 Å². The summed E-state index contributed by atoms with van der Waals surface area (Å²) in [4.78, 5) is 14.7. The van der Waals surface area contributed by atoms with Crippen molar-refractivity contribution in [2.24, 2.45) is 5.73 Å². The average molecular weight is 454 g/mol. The van der Waals surface area contributed by atoms with Gasteiger partial charge in [-0.25, -0.2) is 0 Å². The molecule has 158 valence electrons. The average Bonchev–Trinajstić information content (AvgIpc) is 2.76. The van der Waals surface area contributed by atoms with Gasteiger partial charge in [0.1, 0.15) is 18.2 Å². The molecule has 0 saturated carbocycles. The van der Waals surface area contributed by atoms with Gasteiger partial charge in [0, 0.05) is 45.9 Å². The minimum Gasteiger partial charge on any atom is -0.489 e. The molecule has 0 saturated heterocycles. The summed E-state index contributed by atoms with van der Waals surface area (Å²) >= 11 is 12.3. The van der Waals surface area contributed by atoms with E-state index in [1.54, 1.807) is 17.0 Å². The lowest BCUT2D eigenvalue weighted by Crippen LogP contribution is -2.36. The molecule has 2 aromatic rings. The van der Waals surface area contributed by atoms with Gasteiger partial charge >= 0.3 is 0 Å². The van der Waals surface area contributed by atoms with Crippen molar-refractivity contribution < 1.29 is 9.53 Å². The second-order valence-electron chi connectivity index (χ2n) is 7.60. The largest absolute Gasteiger partial charge is 0.489 e. The number of carbonyl (C=O) groups is 1. The van der Waals surface area contributed by atoms with Crippen LogP contribution in [-0.2, 0) is 11.4 Å². The van der Waals surface area contributed by atoms with Crippen molar-refractivity contribution in [3.63, 3.8) is 0 Å². The van der Waals surface area contributed by atoms with Crippen molar-refractivity contribution in [2.45, 2.75) is 31.8 Å². The minimum absolute atomic E-state index is 0.0499. The number of hydrogen-bond acceptors (Lipinski definition) is 5. The van der Waals surface area contributed by atoms with Crippen LogP contribution in [0.2, 0.25) is 10.0 Å². The number of carbonyl (C=O) groups excluding carboxylic acids is 1. The van der Waals surface area contributed by atoms with Gasteiger partial charge in [0.05, 0.1) is 17.6 Å². The van der Waals surface area contributed by atoms with E-state index in [0.29, 0.717) is 39.2 Å². The zero-order valence-electron chi connectivity index (χ0n) is 17.0. The second-order valence-corrected chi connectivity index (χ2v) is 8.45. The Hall–Kier alpha value is -2.94. The smallest absolute Gasteiger partial charge is 0.161 e. The van der Waals surface area contributed by atoms with Crippen LogP contribution in [0.3, 0.4) is 0 Å². The fourth-order valence-corrected chi connectivity index (χ4v) is 4.68. The maximum atomic E-state index is 13.0. The van der Waals surface area contributed by atoms with Crippen molar-refractivity contribution >= 4 is 29.0 Å². The summed E-state index contributed by atoms with van der Waals surface area (Å²) in [6, 6.07) is 14.9. The highest BCUT2D eigenvalue weighted by Crippen LogP contribution is 2.46. The Bertz CT molecular complexity index is 1160. The quantitative estimate of drug-likeness (QED) is 0.678. The maximum absolute atomic E-state index is 13.0. The lowest BCUT2D eigenvalue weighted by molar-refractivity contribution is -0.116. The lowest BCUT2D eigenvalue weighted by Gasteiger charge is -2.38. The number of ketones is 1. The van der Waals surface area contributed by atoms with Crippen molar-refractivity contribution in [2.75, 3.05) is 7.05 Å². The van der Waals surface area contributed by atoms with Crippen LogP contribution in [0.4, 0.5) is 0 Å². The van der Waals surface area contributed by atoms with Crippen molar-refractivity contribution in [1.82, 2.24) is 4.90 Å². The first-order chi connectivity index (χ1) is 14.9. The van der Waals surface area contributed by atoms with E-state index in [-0.39, 0.29) is 12.4 Å². The van der Waals surface area contributed by atoms with Gasteiger partial charge in [-0.15, -0.1) is 0 Å². The van der Waals surface area contributed by atoms with E-state index in [1.807, 2.05) is 37.4 Å². The van der Waals surface area contributed by atoms with Gasteiger partial charge in [-0.05, 0) is 31.0 Å². The Morgan fingerprint density at radius 1 is 1.23 bits per heavy atom. The first-order valence-electron chi connectivity index (χ1n) is 9.97. The molecule has 31 heavy (non-hydrogen) atoms. The Balaban J connectivity index is 1.77. The zero-order chi connectivity index (χ0) is 22.1. The molecule has 0 spiro atoms. The predicted octanol–water partition coefficient (Wildman–Crippen LogP) is 5.30.